The van der Waals surface area contributed by atoms with Crippen LogP contribution in [-0.4, -0.2) is 23.0 Å². The second-order valence-corrected chi connectivity index (χ2v) is 4.90. The molecule has 1 aromatic rings. The molecule has 0 unspecified atom stereocenters. The second kappa shape index (κ2) is 6.23. The zero-order chi connectivity index (χ0) is 12.1. The Labute approximate surface area is 108 Å². The molecular formula is C10H11Cl2NO2S. The number of rotatable bonds is 4. The van der Waals surface area contributed by atoms with Crippen molar-refractivity contribution in [2.24, 2.45) is 0 Å². The Balaban J connectivity index is 2.77. The molecule has 0 bridgehead atoms. The van der Waals surface area contributed by atoms with E-state index in [1.807, 2.05) is 6.26 Å². The van der Waals surface area contributed by atoms with Gasteiger partial charge in [-0.1, -0.05) is 23.2 Å². The molecular weight excluding hydrogens is 269 g/mol. The topological polar surface area (TPSA) is 49.3 Å². The Bertz CT molecular complexity index is 399. The fraction of sp³-hybridized carbons (Fsp3) is 0.300. The van der Waals surface area contributed by atoms with Crippen molar-refractivity contribution in [1.82, 2.24) is 0 Å². The number of thioether (sulfide) groups is 1. The molecule has 16 heavy (non-hydrogen) atoms. The minimum absolute atomic E-state index is 0.118. The number of carbonyl (C=O) groups excluding carboxylic acids is 1. The van der Waals surface area contributed by atoms with Crippen molar-refractivity contribution < 1.29 is 9.90 Å². The number of halogens is 2. The average molecular weight is 280 g/mol. The summed E-state index contributed by atoms with van der Waals surface area (Å²) in [6, 6.07) is 2.87. The molecule has 0 heterocycles. The lowest BCUT2D eigenvalue weighted by Gasteiger charge is -2.08. The van der Waals surface area contributed by atoms with E-state index in [0.717, 1.165) is 5.75 Å². The van der Waals surface area contributed by atoms with Crippen LogP contribution in [0.5, 0.6) is 5.75 Å². The number of benzene rings is 1. The molecule has 0 spiro atoms. The van der Waals surface area contributed by atoms with Gasteiger partial charge in [0.15, 0.2) is 5.75 Å². The summed E-state index contributed by atoms with van der Waals surface area (Å²) >= 11 is 13.1. The lowest BCUT2D eigenvalue weighted by atomic mass is 10.3. The molecule has 2 N–H and O–H groups in total. The molecule has 0 aromatic heterocycles. The lowest BCUT2D eigenvalue weighted by molar-refractivity contribution is -0.115. The van der Waals surface area contributed by atoms with Crippen LogP contribution in [0.3, 0.4) is 0 Å². The highest BCUT2D eigenvalue weighted by atomic mass is 35.5. The highest BCUT2D eigenvalue weighted by molar-refractivity contribution is 7.98. The molecule has 0 aliphatic carbocycles. The summed E-state index contributed by atoms with van der Waals surface area (Å²) in [6.45, 7) is 0. The first-order valence-corrected chi connectivity index (χ1v) is 6.66. The quantitative estimate of drug-likeness (QED) is 0.831. The molecule has 0 saturated heterocycles. The molecule has 3 nitrogen and oxygen atoms in total. The van der Waals surface area contributed by atoms with Crippen LogP contribution in [0.1, 0.15) is 6.42 Å². The summed E-state index contributed by atoms with van der Waals surface area (Å²) in [5.41, 5.74) is 0.239. The summed E-state index contributed by atoms with van der Waals surface area (Å²) in [7, 11) is 0. The molecule has 6 heteroatoms. The number of phenols is 1. The predicted molar refractivity (Wildman–Crippen MR) is 69.8 cm³/mol. The van der Waals surface area contributed by atoms with Gasteiger partial charge in [-0.25, -0.2) is 0 Å². The van der Waals surface area contributed by atoms with Crippen molar-refractivity contribution in [2.45, 2.75) is 6.42 Å². The van der Waals surface area contributed by atoms with Crippen molar-refractivity contribution in [3.8, 4) is 5.75 Å². The van der Waals surface area contributed by atoms with Crippen LogP contribution in [0.2, 0.25) is 10.0 Å². The van der Waals surface area contributed by atoms with E-state index in [1.165, 1.54) is 12.1 Å². The van der Waals surface area contributed by atoms with Crippen LogP contribution in [0.25, 0.3) is 0 Å². The summed E-state index contributed by atoms with van der Waals surface area (Å²) < 4.78 is 0. The van der Waals surface area contributed by atoms with E-state index in [2.05, 4.69) is 5.32 Å². The molecule has 88 valence electrons. The standard InChI is InChI=1S/C10H11Cl2NO2S/c1-16-3-2-9(14)13-8-5-6(11)4-7(12)10(8)15/h4-5,15H,2-3H2,1H3,(H,13,14). The van der Waals surface area contributed by atoms with Gasteiger partial charge in [0.05, 0.1) is 10.7 Å². The van der Waals surface area contributed by atoms with Gasteiger partial charge < -0.3 is 10.4 Å². The van der Waals surface area contributed by atoms with Gasteiger partial charge in [0.25, 0.3) is 0 Å². The molecule has 1 amide bonds. The number of amides is 1. The van der Waals surface area contributed by atoms with Crippen LogP contribution >= 0.6 is 35.0 Å². The molecule has 0 aliphatic rings. The summed E-state index contributed by atoms with van der Waals surface area (Å²) in [5, 5.41) is 12.6. The van der Waals surface area contributed by atoms with Gasteiger partial charge in [-0.05, 0) is 18.4 Å². The first kappa shape index (κ1) is 13.5. The summed E-state index contributed by atoms with van der Waals surface area (Å²) in [5.74, 6) is 0.382. The van der Waals surface area contributed by atoms with Gasteiger partial charge in [0.2, 0.25) is 5.91 Å². The van der Waals surface area contributed by atoms with Crippen molar-refractivity contribution in [3.63, 3.8) is 0 Å². The molecule has 0 fully saturated rings. The third-order valence-electron chi connectivity index (χ3n) is 1.84. The first-order valence-electron chi connectivity index (χ1n) is 4.51. The Morgan fingerprint density at radius 2 is 2.19 bits per heavy atom. The maximum absolute atomic E-state index is 11.4. The lowest BCUT2D eigenvalue weighted by Crippen LogP contribution is -2.12. The molecule has 1 aromatic carbocycles. The highest BCUT2D eigenvalue weighted by Gasteiger charge is 2.10. The maximum atomic E-state index is 11.4. The van der Waals surface area contributed by atoms with Gasteiger partial charge in [-0.3, -0.25) is 4.79 Å². The van der Waals surface area contributed by atoms with Gasteiger partial charge in [0, 0.05) is 17.2 Å². The zero-order valence-corrected chi connectivity index (χ0v) is 10.9. The Hall–Kier alpha value is -0.580. The van der Waals surface area contributed by atoms with E-state index in [1.54, 1.807) is 11.8 Å². The predicted octanol–water partition coefficient (Wildman–Crippen LogP) is 3.39. The van der Waals surface area contributed by atoms with Crippen LogP contribution in [0.4, 0.5) is 5.69 Å². The maximum Gasteiger partial charge on any atom is 0.225 e. The third-order valence-corrected chi connectivity index (χ3v) is 2.95. The number of phenolic OH excluding ortho intramolecular Hbond substituents is 1. The molecule has 0 aliphatic heterocycles. The van der Waals surface area contributed by atoms with E-state index in [9.17, 15) is 9.90 Å². The number of hydrogen-bond donors (Lipinski definition) is 2. The largest absolute Gasteiger partial charge is 0.504 e. The number of aromatic hydroxyl groups is 1. The van der Waals surface area contributed by atoms with Crippen LogP contribution in [0, 0.1) is 0 Å². The minimum atomic E-state index is -0.178. The SMILES string of the molecule is CSCCC(=O)Nc1cc(Cl)cc(Cl)c1O. The number of anilines is 1. The monoisotopic (exact) mass is 279 g/mol. The summed E-state index contributed by atoms with van der Waals surface area (Å²) in [4.78, 5) is 11.4. The molecule has 1 rings (SSSR count). The van der Waals surface area contributed by atoms with Gasteiger partial charge >= 0.3 is 0 Å². The van der Waals surface area contributed by atoms with Gasteiger partial charge in [-0.2, -0.15) is 11.8 Å². The smallest absolute Gasteiger partial charge is 0.225 e. The van der Waals surface area contributed by atoms with E-state index >= 15 is 0 Å². The fourth-order valence-corrected chi connectivity index (χ4v) is 1.95. The molecule has 0 radical (unpaired) electrons. The summed E-state index contributed by atoms with van der Waals surface area (Å²) in [6.07, 6.45) is 2.30. The van der Waals surface area contributed by atoms with Crippen molar-refractivity contribution in [2.75, 3.05) is 17.3 Å². The Kier molecular flexibility index (Phi) is 5.25. The van der Waals surface area contributed by atoms with E-state index in [-0.39, 0.29) is 22.4 Å². The van der Waals surface area contributed by atoms with Crippen molar-refractivity contribution >= 4 is 46.6 Å². The van der Waals surface area contributed by atoms with Crippen molar-refractivity contribution in [3.05, 3.63) is 22.2 Å². The first-order chi connectivity index (χ1) is 7.54. The fourth-order valence-electron chi connectivity index (χ4n) is 1.07. The second-order valence-electron chi connectivity index (χ2n) is 3.07. The molecule has 0 atom stereocenters. The highest BCUT2D eigenvalue weighted by Crippen LogP contribution is 2.34. The van der Waals surface area contributed by atoms with E-state index in [4.69, 9.17) is 23.2 Å². The van der Waals surface area contributed by atoms with Gasteiger partial charge in [0.1, 0.15) is 0 Å². The number of hydrogen-bond acceptors (Lipinski definition) is 3. The number of nitrogens with one attached hydrogen (secondary N) is 1. The van der Waals surface area contributed by atoms with Crippen molar-refractivity contribution in [1.29, 1.82) is 0 Å². The van der Waals surface area contributed by atoms with Crippen LogP contribution < -0.4 is 5.32 Å². The Morgan fingerprint density at radius 3 is 2.81 bits per heavy atom. The normalized spacial score (nSPS) is 10.2. The van der Waals surface area contributed by atoms with E-state index < -0.39 is 0 Å². The van der Waals surface area contributed by atoms with Crippen LogP contribution in [0.15, 0.2) is 12.1 Å². The minimum Gasteiger partial charge on any atom is -0.504 e. The number of carbonyl (C=O) groups is 1. The average Bonchev–Trinajstić information content (AvgIpc) is 2.22. The Morgan fingerprint density at radius 1 is 1.50 bits per heavy atom. The van der Waals surface area contributed by atoms with Crippen LogP contribution in [-0.2, 0) is 4.79 Å². The third kappa shape index (κ3) is 3.77. The molecule has 0 saturated carbocycles. The van der Waals surface area contributed by atoms with Gasteiger partial charge in [-0.15, -0.1) is 0 Å². The van der Waals surface area contributed by atoms with E-state index in [0.29, 0.717) is 11.4 Å². The zero-order valence-electron chi connectivity index (χ0n) is 8.59.